The van der Waals surface area contributed by atoms with Crippen LogP contribution in [-0.2, 0) is 0 Å². The zero-order valence-corrected chi connectivity index (χ0v) is 11.8. The molecule has 2 aromatic rings. The number of aliphatic imine (C=N–C) groups is 2. The van der Waals surface area contributed by atoms with Crippen molar-refractivity contribution in [3.8, 4) is 0 Å². The third-order valence-electron chi connectivity index (χ3n) is 2.85. The van der Waals surface area contributed by atoms with Crippen LogP contribution in [0.1, 0.15) is 16.7 Å². The minimum Gasteiger partial charge on any atom is -0.242 e. The van der Waals surface area contributed by atoms with Crippen LogP contribution >= 0.6 is 0 Å². The molecule has 1 aromatic carbocycles. The first-order chi connectivity index (χ1) is 10.6. The Bertz CT molecular complexity index is 753. The van der Waals surface area contributed by atoms with Gasteiger partial charge in [0, 0.05) is 12.3 Å². The highest BCUT2D eigenvalue weighted by atomic mass is 19.1. The summed E-state index contributed by atoms with van der Waals surface area (Å²) in [6.45, 7) is 10.6. The van der Waals surface area contributed by atoms with Gasteiger partial charge in [-0.3, -0.25) is 0 Å². The molecule has 1 heterocycles. The van der Waals surface area contributed by atoms with E-state index in [2.05, 4.69) is 34.8 Å². The third kappa shape index (κ3) is 3.38. The number of pyridine rings is 1. The van der Waals surface area contributed by atoms with Crippen molar-refractivity contribution in [1.29, 1.82) is 0 Å². The summed E-state index contributed by atoms with van der Waals surface area (Å²) in [5, 5.41) is 0. The predicted molar refractivity (Wildman–Crippen MR) is 87.2 cm³/mol. The number of hydrogen-bond donors (Lipinski definition) is 0. The van der Waals surface area contributed by atoms with E-state index in [-0.39, 0.29) is 11.6 Å². The second-order valence-corrected chi connectivity index (χ2v) is 4.36. The Morgan fingerprint density at radius 2 is 1.41 bits per heavy atom. The Labute approximate surface area is 127 Å². The van der Waals surface area contributed by atoms with Gasteiger partial charge in [-0.15, -0.1) is 0 Å². The van der Waals surface area contributed by atoms with Gasteiger partial charge in [-0.1, -0.05) is 25.3 Å². The van der Waals surface area contributed by atoms with Crippen molar-refractivity contribution in [3.63, 3.8) is 0 Å². The Morgan fingerprint density at radius 1 is 0.864 bits per heavy atom. The molecule has 1 aromatic heterocycles. The van der Waals surface area contributed by atoms with Crippen molar-refractivity contribution in [3.05, 3.63) is 65.7 Å². The van der Waals surface area contributed by atoms with Gasteiger partial charge in [-0.25, -0.2) is 23.7 Å². The summed E-state index contributed by atoms with van der Waals surface area (Å²) < 4.78 is 26.9. The van der Waals surface area contributed by atoms with Crippen LogP contribution in [0, 0.1) is 11.6 Å². The van der Waals surface area contributed by atoms with E-state index in [0.29, 0.717) is 11.6 Å². The first-order valence-electron chi connectivity index (χ1n) is 6.34. The Hall–Kier alpha value is -2.95. The molecule has 5 heteroatoms. The minimum atomic E-state index is -0.881. The molecule has 0 aliphatic rings. The van der Waals surface area contributed by atoms with Gasteiger partial charge >= 0.3 is 0 Å². The van der Waals surface area contributed by atoms with Crippen molar-refractivity contribution < 1.29 is 8.78 Å². The molecular weight excluding hydrogens is 284 g/mol. The lowest BCUT2D eigenvalue weighted by molar-refractivity contribution is 0.577. The van der Waals surface area contributed by atoms with E-state index in [1.54, 1.807) is 12.2 Å². The van der Waals surface area contributed by atoms with E-state index in [1.807, 2.05) is 18.2 Å². The fourth-order valence-corrected chi connectivity index (χ4v) is 1.80. The first-order valence-corrected chi connectivity index (χ1v) is 6.34. The SMILES string of the molecule is C=Cc1cc(C=C)cc(C=Nc2nc(N=C)c(F)cc2F)c1. The van der Waals surface area contributed by atoms with Crippen molar-refractivity contribution in [1.82, 2.24) is 4.98 Å². The minimum absolute atomic E-state index is 0.257. The fourth-order valence-electron chi connectivity index (χ4n) is 1.80. The summed E-state index contributed by atoms with van der Waals surface area (Å²) in [7, 11) is 0. The monoisotopic (exact) mass is 297 g/mol. The van der Waals surface area contributed by atoms with Crippen LogP contribution in [0.4, 0.5) is 20.4 Å². The molecule has 0 aliphatic carbocycles. The molecule has 0 N–H and O–H groups in total. The van der Waals surface area contributed by atoms with Gasteiger partial charge in [0.05, 0.1) is 0 Å². The zero-order chi connectivity index (χ0) is 16.1. The molecule has 0 atom stereocenters. The van der Waals surface area contributed by atoms with Gasteiger partial charge in [0.25, 0.3) is 0 Å². The van der Waals surface area contributed by atoms with Crippen molar-refractivity contribution in [2.24, 2.45) is 9.98 Å². The molecule has 0 saturated heterocycles. The Morgan fingerprint density at radius 3 is 1.95 bits per heavy atom. The summed E-state index contributed by atoms with van der Waals surface area (Å²) in [5.74, 6) is -2.30. The standard InChI is InChI=1S/C17H13F2N3/c1-4-11-6-12(5-2)8-13(7-11)10-21-17-15(19)9-14(18)16(20-3)22-17/h4-10H,1-3H2. The molecule has 0 unspecified atom stereocenters. The highest BCUT2D eigenvalue weighted by molar-refractivity contribution is 5.84. The molecule has 110 valence electrons. The van der Waals surface area contributed by atoms with Crippen LogP contribution in [0.3, 0.4) is 0 Å². The maximum atomic E-state index is 13.6. The summed E-state index contributed by atoms with van der Waals surface area (Å²) >= 11 is 0. The second kappa shape index (κ2) is 6.67. The van der Waals surface area contributed by atoms with Gasteiger partial charge in [0.1, 0.15) is 0 Å². The van der Waals surface area contributed by atoms with Gasteiger partial charge in [0.2, 0.25) is 0 Å². The largest absolute Gasteiger partial charge is 0.242 e. The van der Waals surface area contributed by atoms with Crippen LogP contribution in [-0.4, -0.2) is 17.9 Å². The molecule has 0 fully saturated rings. The molecule has 0 aliphatic heterocycles. The molecule has 0 spiro atoms. The van der Waals surface area contributed by atoms with Gasteiger partial charge in [-0.2, -0.15) is 0 Å². The van der Waals surface area contributed by atoms with Crippen LogP contribution in [0.2, 0.25) is 0 Å². The highest BCUT2D eigenvalue weighted by Crippen LogP contribution is 2.23. The molecule has 0 radical (unpaired) electrons. The summed E-state index contributed by atoms with van der Waals surface area (Å²) in [6.07, 6.45) is 4.79. The molecule has 3 nitrogen and oxygen atoms in total. The maximum Gasteiger partial charge on any atom is 0.190 e. The van der Waals surface area contributed by atoms with Crippen LogP contribution < -0.4 is 0 Å². The van der Waals surface area contributed by atoms with Crippen molar-refractivity contribution in [2.45, 2.75) is 0 Å². The lowest BCUT2D eigenvalue weighted by Gasteiger charge is -2.02. The predicted octanol–water partition coefficient (Wildman–Crippen LogP) is 4.73. The summed E-state index contributed by atoms with van der Waals surface area (Å²) in [4.78, 5) is 11.0. The molecule has 0 saturated carbocycles. The van der Waals surface area contributed by atoms with Crippen molar-refractivity contribution in [2.75, 3.05) is 0 Å². The number of benzene rings is 1. The average Bonchev–Trinajstić information content (AvgIpc) is 2.53. The smallest absolute Gasteiger partial charge is 0.190 e. The number of aromatic nitrogens is 1. The normalized spacial score (nSPS) is 10.6. The Kier molecular flexibility index (Phi) is 4.68. The first kappa shape index (κ1) is 15.4. The summed E-state index contributed by atoms with van der Waals surface area (Å²) in [6, 6.07) is 6.21. The van der Waals surface area contributed by atoms with Crippen molar-refractivity contribution >= 4 is 36.7 Å². The highest BCUT2D eigenvalue weighted by Gasteiger charge is 2.09. The number of nitrogens with zero attached hydrogens (tertiary/aromatic N) is 3. The molecule has 0 amide bonds. The van der Waals surface area contributed by atoms with E-state index in [4.69, 9.17) is 0 Å². The zero-order valence-electron chi connectivity index (χ0n) is 11.8. The summed E-state index contributed by atoms with van der Waals surface area (Å²) in [5.41, 5.74) is 2.46. The van der Waals surface area contributed by atoms with E-state index in [0.717, 1.165) is 11.1 Å². The molecule has 2 rings (SSSR count). The van der Waals surface area contributed by atoms with E-state index >= 15 is 0 Å². The van der Waals surface area contributed by atoms with Gasteiger partial charge < -0.3 is 0 Å². The van der Waals surface area contributed by atoms with Crippen LogP contribution in [0.5, 0.6) is 0 Å². The van der Waals surface area contributed by atoms with Crippen LogP contribution in [0.15, 0.2) is 47.4 Å². The molecule has 0 bridgehead atoms. The van der Waals surface area contributed by atoms with E-state index < -0.39 is 11.6 Å². The molecule has 22 heavy (non-hydrogen) atoms. The second-order valence-electron chi connectivity index (χ2n) is 4.36. The maximum absolute atomic E-state index is 13.6. The average molecular weight is 297 g/mol. The number of hydrogen-bond acceptors (Lipinski definition) is 3. The van der Waals surface area contributed by atoms with E-state index in [1.165, 1.54) is 6.21 Å². The fraction of sp³-hybridized carbons (Fsp3) is 0. The quantitative estimate of drug-likeness (QED) is 0.735. The van der Waals surface area contributed by atoms with Gasteiger partial charge in [-0.05, 0) is 41.6 Å². The topological polar surface area (TPSA) is 37.6 Å². The Balaban J connectivity index is 2.42. The third-order valence-corrected chi connectivity index (χ3v) is 2.85. The lowest BCUT2D eigenvalue weighted by Crippen LogP contribution is -1.89. The number of rotatable bonds is 5. The van der Waals surface area contributed by atoms with Gasteiger partial charge in [0.15, 0.2) is 23.3 Å². The number of halogens is 2. The molecular formula is C17H13F2N3. The van der Waals surface area contributed by atoms with Crippen LogP contribution in [0.25, 0.3) is 12.2 Å². The van der Waals surface area contributed by atoms with E-state index in [9.17, 15) is 8.78 Å². The lowest BCUT2D eigenvalue weighted by atomic mass is 10.1.